The number of halogens is 1. The minimum atomic E-state index is -0.482. The van der Waals surface area contributed by atoms with E-state index in [1.807, 2.05) is 26.8 Å². The van der Waals surface area contributed by atoms with Gasteiger partial charge in [-0.1, -0.05) is 20.8 Å². The lowest BCUT2D eigenvalue weighted by Crippen LogP contribution is -2.08. The van der Waals surface area contributed by atoms with Crippen LogP contribution >= 0.6 is 0 Å². The molecule has 0 N–H and O–H groups in total. The van der Waals surface area contributed by atoms with E-state index in [0.29, 0.717) is 10.9 Å². The van der Waals surface area contributed by atoms with Crippen LogP contribution in [0.25, 0.3) is 11.0 Å². The molecule has 0 unspecified atom stereocenters. The number of nitriles is 1. The largest absolute Gasteiger partial charge is 0.457 e. The smallest absolute Gasteiger partial charge is 0.170 e. The number of hydrogen-bond donors (Lipinski definition) is 0. The summed E-state index contributed by atoms with van der Waals surface area (Å²) < 4.78 is 19.1. The first-order chi connectivity index (χ1) is 7.41. The van der Waals surface area contributed by atoms with Crippen molar-refractivity contribution in [2.24, 2.45) is 0 Å². The van der Waals surface area contributed by atoms with Crippen LogP contribution in [0.3, 0.4) is 0 Å². The maximum Gasteiger partial charge on any atom is 0.170 e. The lowest BCUT2D eigenvalue weighted by molar-refractivity contribution is 0.422. The van der Waals surface area contributed by atoms with E-state index < -0.39 is 5.82 Å². The van der Waals surface area contributed by atoms with Gasteiger partial charge in [-0.05, 0) is 18.2 Å². The molecule has 0 saturated carbocycles. The van der Waals surface area contributed by atoms with Crippen molar-refractivity contribution in [1.29, 1.82) is 5.26 Å². The van der Waals surface area contributed by atoms with Crippen LogP contribution in [0.15, 0.2) is 22.6 Å². The molecule has 0 atom stereocenters. The topological polar surface area (TPSA) is 36.9 Å². The van der Waals surface area contributed by atoms with Gasteiger partial charge < -0.3 is 4.42 Å². The zero-order valence-corrected chi connectivity index (χ0v) is 9.47. The summed E-state index contributed by atoms with van der Waals surface area (Å²) >= 11 is 0. The van der Waals surface area contributed by atoms with Gasteiger partial charge in [0, 0.05) is 10.8 Å². The average molecular weight is 217 g/mol. The van der Waals surface area contributed by atoms with E-state index >= 15 is 0 Å². The number of furan rings is 1. The highest BCUT2D eigenvalue weighted by Gasteiger charge is 2.20. The maximum atomic E-state index is 13.6. The molecule has 0 bridgehead atoms. The van der Waals surface area contributed by atoms with Crippen molar-refractivity contribution in [2.45, 2.75) is 26.2 Å². The molecule has 3 heteroatoms. The molecule has 0 aliphatic carbocycles. The van der Waals surface area contributed by atoms with E-state index in [0.717, 1.165) is 5.76 Å². The first kappa shape index (κ1) is 10.7. The Morgan fingerprint density at radius 1 is 1.25 bits per heavy atom. The van der Waals surface area contributed by atoms with Crippen LogP contribution in [0.1, 0.15) is 32.1 Å². The third-order valence-electron chi connectivity index (χ3n) is 2.44. The average Bonchev–Trinajstić information content (AvgIpc) is 2.61. The molecule has 0 aliphatic rings. The third-order valence-corrected chi connectivity index (χ3v) is 2.44. The number of rotatable bonds is 0. The fourth-order valence-corrected chi connectivity index (χ4v) is 1.54. The van der Waals surface area contributed by atoms with Crippen LogP contribution < -0.4 is 0 Å². The fourth-order valence-electron chi connectivity index (χ4n) is 1.54. The summed E-state index contributed by atoms with van der Waals surface area (Å²) in [6.07, 6.45) is 0. The second kappa shape index (κ2) is 3.34. The Labute approximate surface area is 93.3 Å². The Morgan fingerprint density at radius 3 is 2.50 bits per heavy atom. The van der Waals surface area contributed by atoms with Crippen molar-refractivity contribution in [3.05, 3.63) is 35.3 Å². The fraction of sp³-hybridized carbons (Fsp3) is 0.308. The van der Waals surface area contributed by atoms with Gasteiger partial charge in [0.25, 0.3) is 0 Å². The van der Waals surface area contributed by atoms with E-state index in [9.17, 15) is 4.39 Å². The third kappa shape index (κ3) is 1.67. The summed E-state index contributed by atoms with van der Waals surface area (Å²) in [5, 5.41) is 9.38. The zero-order valence-electron chi connectivity index (χ0n) is 9.47. The van der Waals surface area contributed by atoms with E-state index in [1.165, 1.54) is 6.07 Å². The summed E-state index contributed by atoms with van der Waals surface area (Å²) in [6, 6.07) is 6.55. The molecular formula is C13H12FNO. The SMILES string of the molecule is CC(C)(C)c1cc2cc(C#N)cc(F)c2o1. The van der Waals surface area contributed by atoms with E-state index in [-0.39, 0.29) is 11.0 Å². The summed E-state index contributed by atoms with van der Waals surface area (Å²) in [5.74, 6) is 0.237. The predicted molar refractivity (Wildman–Crippen MR) is 59.6 cm³/mol. The molecule has 0 aliphatic heterocycles. The van der Waals surface area contributed by atoms with E-state index in [2.05, 4.69) is 0 Å². The van der Waals surface area contributed by atoms with Crippen LogP contribution in [-0.2, 0) is 5.41 Å². The van der Waals surface area contributed by atoms with E-state index in [1.54, 1.807) is 12.1 Å². The molecule has 0 spiro atoms. The van der Waals surface area contributed by atoms with Gasteiger partial charge in [0.1, 0.15) is 5.76 Å². The minimum Gasteiger partial charge on any atom is -0.457 e. The minimum absolute atomic E-state index is 0.168. The van der Waals surface area contributed by atoms with Gasteiger partial charge in [-0.15, -0.1) is 0 Å². The second-order valence-corrected chi connectivity index (χ2v) is 4.85. The van der Waals surface area contributed by atoms with Crippen molar-refractivity contribution in [2.75, 3.05) is 0 Å². The van der Waals surface area contributed by atoms with Gasteiger partial charge in [0.05, 0.1) is 11.6 Å². The Morgan fingerprint density at radius 2 is 1.94 bits per heavy atom. The second-order valence-electron chi connectivity index (χ2n) is 4.85. The highest BCUT2D eigenvalue weighted by Crippen LogP contribution is 2.30. The molecule has 1 aromatic carbocycles. The molecule has 16 heavy (non-hydrogen) atoms. The van der Waals surface area contributed by atoms with Gasteiger partial charge in [0.15, 0.2) is 11.4 Å². The highest BCUT2D eigenvalue weighted by atomic mass is 19.1. The molecule has 2 aromatic rings. The van der Waals surface area contributed by atoms with Gasteiger partial charge in [-0.3, -0.25) is 0 Å². The van der Waals surface area contributed by atoms with Crippen LogP contribution in [-0.4, -0.2) is 0 Å². The Bertz CT molecular complexity index is 584. The molecule has 0 saturated heterocycles. The standard InChI is InChI=1S/C13H12FNO/c1-13(2,3)11-6-9-4-8(7-15)5-10(14)12(9)16-11/h4-6H,1-3H3. The van der Waals surface area contributed by atoms with Crippen molar-refractivity contribution in [3.8, 4) is 6.07 Å². The van der Waals surface area contributed by atoms with Gasteiger partial charge in [0.2, 0.25) is 0 Å². The summed E-state index contributed by atoms with van der Waals surface area (Å²) in [5.41, 5.74) is 0.369. The monoisotopic (exact) mass is 217 g/mol. The van der Waals surface area contributed by atoms with Gasteiger partial charge >= 0.3 is 0 Å². The number of benzene rings is 1. The van der Waals surface area contributed by atoms with Crippen LogP contribution in [0.2, 0.25) is 0 Å². The molecule has 1 aromatic heterocycles. The van der Waals surface area contributed by atoms with Crippen LogP contribution in [0.5, 0.6) is 0 Å². The summed E-state index contributed by atoms with van der Waals surface area (Å²) in [4.78, 5) is 0. The lowest BCUT2D eigenvalue weighted by Gasteiger charge is -2.13. The summed E-state index contributed by atoms with van der Waals surface area (Å²) in [6.45, 7) is 5.98. The molecule has 82 valence electrons. The first-order valence-corrected chi connectivity index (χ1v) is 5.05. The number of hydrogen-bond acceptors (Lipinski definition) is 2. The van der Waals surface area contributed by atoms with Crippen LogP contribution in [0.4, 0.5) is 4.39 Å². The molecule has 0 fully saturated rings. The number of nitrogens with zero attached hydrogens (tertiary/aromatic N) is 1. The normalized spacial score (nSPS) is 11.7. The quantitative estimate of drug-likeness (QED) is 0.674. The van der Waals surface area contributed by atoms with Gasteiger partial charge in [-0.25, -0.2) is 4.39 Å². The van der Waals surface area contributed by atoms with Crippen molar-refractivity contribution < 1.29 is 8.81 Å². The van der Waals surface area contributed by atoms with Crippen molar-refractivity contribution in [3.63, 3.8) is 0 Å². The van der Waals surface area contributed by atoms with E-state index in [4.69, 9.17) is 9.68 Å². The van der Waals surface area contributed by atoms with Crippen molar-refractivity contribution >= 4 is 11.0 Å². The molecule has 0 radical (unpaired) electrons. The molecular weight excluding hydrogens is 205 g/mol. The Hall–Kier alpha value is -1.82. The Balaban J connectivity index is 2.72. The summed E-state index contributed by atoms with van der Waals surface area (Å²) in [7, 11) is 0. The zero-order chi connectivity index (χ0) is 11.9. The number of fused-ring (bicyclic) bond motifs is 1. The van der Waals surface area contributed by atoms with Crippen LogP contribution in [0, 0.1) is 17.1 Å². The molecule has 2 nitrogen and oxygen atoms in total. The Kier molecular flexibility index (Phi) is 2.23. The first-order valence-electron chi connectivity index (χ1n) is 5.05. The maximum absolute atomic E-state index is 13.6. The van der Waals surface area contributed by atoms with Gasteiger partial charge in [-0.2, -0.15) is 5.26 Å². The highest BCUT2D eigenvalue weighted by molar-refractivity contribution is 5.80. The molecule has 0 amide bonds. The predicted octanol–water partition coefficient (Wildman–Crippen LogP) is 3.74. The van der Waals surface area contributed by atoms with Crippen molar-refractivity contribution in [1.82, 2.24) is 0 Å². The molecule has 1 heterocycles. The lowest BCUT2D eigenvalue weighted by atomic mass is 9.93. The molecule has 2 rings (SSSR count).